The molecule has 0 aliphatic carbocycles. The molecule has 0 bridgehead atoms. The highest BCUT2D eigenvalue weighted by Gasteiger charge is 2.46. The number of carbonyl (C=O) groups excluding carboxylic acids is 2. The summed E-state index contributed by atoms with van der Waals surface area (Å²) in [7, 11) is 3.07. The van der Waals surface area contributed by atoms with Gasteiger partial charge in [-0.25, -0.2) is 0 Å². The molecule has 1 amide bonds. The second-order valence-corrected chi connectivity index (χ2v) is 9.68. The molecule has 4 rings (SSSR count). The van der Waals surface area contributed by atoms with E-state index in [9.17, 15) is 14.7 Å². The molecule has 0 radical (unpaired) electrons. The molecule has 1 aliphatic heterocycles. The molecule has 7 heteroatoms. The quantitative estimate of drug-likeness (QED) is 0.234. The number of aliphatic hydroxyl groups excluding tert-OH is 1. The molecule has 7 nitrogen and oxygen atoms in total. The van der Waals surface area contributed by atoms with Crippen molar-refractivity contribution in [3.8, 4) is 17.2 Å². The van der Waals surface area contributed by atoms with E-state index in [0.29, 0.717) is 22.6 Å². The summed E-state index contributed by atoms with van der Waals surface area (Å²) in [6, 6.07) is 17.4. The number of Topliss-reactive ketones (excluding diaryl/α,β-unsaturated/α-hetero) is 1. The van der Waals surface area contributed by atoms with Crippen molar-refractivity contribution >= 4 is 17.4 Å². The van der Waals surface area contributed by atoms with Crippen LogP contribution >= 0.6 is 0 Å². The fraction of sp³-hybridized carbons (Fsp3) is 0.290. The highest BCUT2D eigenvalue weighted by atomic mass is 16.5. The van der Waals surface area contributed by atoms with Gasteiger partial charge in [0, 0.05) is 6.54 Å². The average molecular weight is 516 g/mol. The van der Waals surface area contributed by atoms with E-state index < -0.39 is 17.7 Å². The summed E-state index contributed by atoms with van der Waals surface area (Å²) in [6.07, 6.45) is 0.0361. The molecule has 1 aliphatic rings. The van der Waals surface area contributed by atoms with Gasteiger partial charge in [-0.3, -0.25) is 9.59 Å². The fourth-order valence-electron chi connectivity index (χ4n) is 4.89. The summed E-state index contributed by atoms with van der Waals surface area (Å²) >= 11 is 0. The lowest BCUT2D eigenvalue weighted by Crippen LogP contribution is -2.29. The first kappa shape index (κ1) is 26.8. The summed E-state index contributed by atoms with van der Waals surface area (Å²) in [4.78, 5) is 28.4. The van der Waals surface area contributed by atoms with Crippen LogP contribution in [0.5, 0.6) is 17.2 Å². The van der Waals surface area contributed by atoms with Gasteiger partial charge in [-0.15, -0.1) is 0 Å². The van der Waals surface area contributed by atoms with E-state index in [1.54, 1.807) is 31.4 Å². The van der Waals surface area contributed by atoms with Crippen LogP contribution in [0.4, 0.5) is 0 Å². The summed E-state index contributed by atoms with van der Waals surface area (Å²) < 4.78 is 16.7. The minimum Gasteiger partial charge on any atom is -0.507 e. The third-order valence-corrected chi connectivity index (χ3v) is 6.48. The van der Waals surface area contributed by atoms with Gasteiger partial charge in [0.1, 0.15) is 23.0 Å². The Labute approximate surface area is 223 Å². The van der Waals surface area contributed by atoms with E-state index >= 15 is 0 Å². The number of hydrogen-bond acceptors (Lipinski definition) is 6. The van der Waals surface area contributed by atoms with Crippen molar-refractivity contribution in [3.63, 3.8) is 0 Å². The lowest BCUT2D eigenvalue weighted by Gasteiger charge is -2.26. The van der Waals surface area contributed by atoms with Gasteiger partial charge in [0.15, 0.2) is 0 Å². The Morgan fingerprint density at radius 3 is 2.29 bits per heavy atom. The zero-order chi connectivity index (χ0) is 27.6. The Balaban J connectivity index is 1.86. The van der Waals surface area contributed by atoms with E-state index in [2.05, 4.69) is 0 Å². The fourth-order valence-corrected chi connectivity index (χ4v) is 4.89. The van der Waals surface area contributed by atoms with Crippen molar-refractivity contribution < 1.29 is 28.9 Å². The van der Waals surface area contributed by atoms with Crippen LogP contribution < -0.4 is 14.2 Å². The number of amides is 1. The largest absolute Gasteiger partial charge is 0.507 e. The molecule has 1 fully saturated rings. The van der Waals surface area contributed by atoms with Crippen LogP contribution in [0.3, 0.4) is 0 Å². The Bertz CT molecular complexity index is 1390. The Morgan fingerprint density at radius 2 is 1.66 bits per heavy atom. The molecule has 0 saturated carbocycles. The lowest BCUT2D eigenvalue weighted by molar-refractivity contribution is -0.140. The van der Waals surface area contributed by atoms with Crippen LogP contribution in [0, 0.1) is 13.8 Å². The van der Waals surface area contributed by atoms with E-state index in [1.807, 2.05) is 64.1 Å². The van der Waals surface area contributed by atoms with Crippen molar-refractivity contribution in [3.05, 3.63) is 94.1 Å². The maximum absolute atomic E-state index is 13.5. The molecule has 38 heavy (non-hydrogen) atoms. The van der Waals surface area contributed by atoms with Gasteiger partial charge in [0.25, 0.3) is 11.7 Å². The third-order valence-electron chi connectivity index (χ3n) is 6.48. The first-order chi connectivity index (χ1) is 18.1. The molecular weight excluding hydrogens is 482 g/mol. The van der Waals surface area contributed by atoms with Crippen molar-refractivity contribution in [2.24, 2.45) is 0 Å². The van der Waals surface area contributed by atoms with Gasteiger partial charge in [0.05, 0.1) is 37.5 Å². The van der Waals surface area contributed by atoms with Gasteiger partial charge in [-0.1, -0.05) is 30.3 Å². The maximum atomic E-state index is 13.5. The number of hydrogen-bond donors (Lipinski definition) is 1. The third kappa shape index (κ3) is 5.23. The SMILES string of the molecule is COc1cccc(C2/C(=C(\O)c3cc(C)cc(C)c3OC)C(=O)C(=O)N2Cc2ccc(OC(C)C)cc2)c1. The van der Waals surface area contributed by atoms with Crippen LogP contribution in [0.2, 0.25) is 0 Å². The number of rotatable bonds is 8. The minimum absolute atomic E-state index is 0.00585. The molecule has 3 aromatic rings. The van der Waals surface area contributed by atoms with Gasteiger partial charge in [0.2, 0.25) is 0 Å². The predicted molar refractivity (Wildman–Crippen MR) is 146 cm³/mol. The van der Waals surface area contributed by atoms with Crippen LogP contribution in [0.15, 0.2) is 66.2 Å². The Morgan fingerprint density at radius 1 is 0.947 bits per heavy atom. The number of aryl methyl sites for hydroxylation is 2. The number of carbonyl (C=O) groups is 2. The number of nitrogens with zero attached hydrogens (tertiary/aromatic N) is 1. The smallest absolute Gasteiger partial charge is 0.295 e. The minimum atomic E-state index is -0.831. The lowest BCUT2D eigenvalue weighted by atomic mass is 9.93. The van der Waals surface area contributed by atoms with E-state index in [1.165, 1.54) is 12.0 Å². The molecule has 3 aromatic carbocycles. The molecule has 1 saturated heterocycles. The number of aliphatic hydroxyl groups is 1. The van der Waals surface area contributed by atoms with Gasteiger partial charge in [-0.2, -0.15) is 0 Å². The van der Waals surface area contributed by atoms with Crippen molar-refractivity contribution in [1.82, 2.24) is 4.90 Å². The molecule has 198 valence electrons. The van der Waals surface area contributed by atoms with E-state index in [4.69, 9.17) is 14.2 Å². The summed E-state index contributed by atoms with van der Waals surface area (Å²) in [6.45, 7) is 7.83. The van der Waals surface area contributed by atoms with Crippen molar-refractivity contribution in [2.75, 3.05) is 14.2 Å². The second kappa shape index (κ2) is 11.0. The van der Waals surface area contributed by atoms with Gasteiger partial charge >= 0.3 is 0 Å². The Hall–Kier alpha value is -4.26. The van der Waals surface area contributed by atoms with E-state index in [0.717, 1.165) is 22.4 Å². The molecule has 0 aromatic heterocycles. The standard InChI is InChI=1S/C31H33NO6/c1-18(2)38-23-12-10-21(11-13-23)17-32-27(22-8-7-9-24(16-22)36-5)26(29(34)31(32)35)28(33)25-15-19(3)14-20(4)30(25)37-6/h7-16,18,27,33H,17H2,1-6H3/b28-26+. The van der Waals surface area contributed by atoms with Crippen LogP contribution in [-0.2, 0) is 16.1 Å². The van der Waals surface area contributed by atoms with Gasteiger partial charge < -0.3 is 24.2 Å². The summed E-state index contributed by atoms with van der Waals surface area (Å²) in [5, 5.41) is 11.6. The molecule has 1 unspecified atom stereocenters. The topological polar surface area (TPSA) is 85.3 Å². The average Bonchev–Trinajstić information content (AvgIpc) is 3.13. The number of likely N-dealkylation sites (tertiary alicyclic amines) is 1. The number of ketones is 1. The molecule has 1 N–H and O–H groups in total. The predicted octanol–water partition coefficient (Wildman–Crippen LogP) is 5.73. The van der Waals surface area contributed by atoms with Gasteiger partial charge in [-0.05, 0) is 80.3 Å². The van der Waals surface area contributed by atoms with Crippen LogP contribution in [0.25, 0.3) is 5.76 Å². The van der Waals surface area contributed by atoms with Crippen LogP contribution in [-0.4, -0.2) is 42.0 Å². The summed E-state index contributed by atoms with van der Waals surface area (Å²) in [5.74, 6) is 0.0262. The first-order valence-corrected chi connectivity index (χ1v) is 12.5. The second-order valence-electron chi connectivity index (χ2n) is 9.68. The highest BCUT2D eigenvalue weighted by molar-refractivity contribution is 6.46. The highest BCUT2D eigenvalue weighted by Crippen LogP contribution is 2.43. The summed E-state index contributed by atoms with van der Waals surface area (Å²) in [5.41, 5.74) is 3.54. The number of benzene rings is 3. The number of methoxy groups -OCH3 is 2. The van der Waals surface area contributed by atoms with Crippen molar-refractivity contribution in [2.45, 2.75) is 46.4 Å². The first-order valence-electron chi connectivity index (χ1n) is 12.5. The number of ether oxygens (including phenoxy) is 3. The molecular formula is C31H33NO6. The zero-order valence-corrected chi connectivity index (χ0v) is 22.6. The van der Waals surface area contributed by atoms with E-state index in [-0.39, 0.29) is 24.0 Å². The monoisotopic (exact) mass is 515 g/mol. The Kier molecular flexibility index (Phi) is 7.76. The normalized spacial score (nSPS) is 16.7. The molecule has 1 atom stereocenters. The van der Waals surface area contributed by atoms with Crippen molar-refractivity contribution in [1.29, 1.82) is 0 Å². The molecule has 1 heterocycles. The maximum Gasteiger partial charge on any atom is 0.295 e. The molecule has 0 spiro atoms. The van der Waals surface area contributed by atoms with Crippen LogP contribution in [0.1, 0.15) is 47.7 Å². The zero-order valence-electron chi connectivity index (χ0n) is 22.6.